The minimum absolute atomic E-state index is 0.0552. The van der Waals surface area contributed by atoms with E-state index in [1.807, 2.05) is 13.0 Å². The van der Waals surface area contributed by atoms with E-state index < -0.39 is 0 Å². The zero-order chi connectivity index (χ0) is 14.8. The number of fused-ring (bicyclic) bond motifs is 1. The number of hydrogen-bond acceptors (Lipinski definition) is 4. The summed E-state index contributed by atoms with van der Waals surface area (Å²) in [6.45, 7) is 7.11. The van der Waals surface area contributed by atoms with Gasteiger partial charge in [-0.05, 0) is 32.9 Å². The summed E-state index contributed by atoms with van der Waals surface area (Å²) in [7, 11) is 0. The molecule has 1 amide bonds. The lowest BCUT2D eigenvalue weighted by atomic mass is 10.1. The van der Waals surface area contributed by atoms with E-state index in [2.05, 4.69) is 27.2 Å². The Kier molecular flexibility index (Phi) is 3.88. The molecule has 6 nitrogen and oxygen atoms in total. The highest BCUT2D eigenvalue weighted by atomic mass is 16.1. The summed E-state index contributed by atoms with van der Waals surface area (Å²) >= 11 is 0. The van der Waals surface area contributed by atoms with Crippen molar-refractivity contribution < 1.29 is 4.79 Å². The molecule has 1 fully saturated rings. The molecular formula is C15H21N5O. The van der Waals surface area contributed by atoms with Crippen LogP contribution in [0.2, 0.25) is 0 Å². The van der Waals surface area contributed by atoms with Crippen molar-refractivity contribution in [3.63, 3.8) is 0 Å². The predicted molar refractivity (Wildman–Crippen MR) is 80.3 cm³/mol. The van der Waals surface area contributed by atoms with E-state index in [0.717, 1.165) is 43.8 Å². The normalized spacial score (nSPS) is 19.8. The number of carbonyl (C=O) groups is 1. The van der Waals surface area contributed by atoms with Gasteiger partial charge in [-0.25, -0.2) is 9.50 Å². The molecule has 0 radical (unpaired) electrons. The number of rotatable bonds is 3. The van der Waals surface area contributed by atoms with Crippen molar-refractivity contribution in [2.24, 2.45) is 0 Å². The zero-order valence-corrected chi connectivity index (χ0v) is 12.5. The first-order chi connectivity index (χ1) is 10.2. The fourth-order valence-corrected chi connectivity index (χ4v) is 2.89. The van der Waals surface area contributed by atoms with Crippen LogP contribution in [0.1, 0.15) is 35.8 Å². The predicted octanol–water partition coefficient (Wildman–Crippen LogP) is 1.25. The number of aromatic nitrogens is 3. The van der Waals surface area contributed by atoms with Gasteiger partial charge in [-0.15, -0.1) is 0 Å². The number of hydrogen-bond donors (Lipinski definition) is 1. The largest absolute Gasteiger partial charge is 0.348 e. The van der Waals surface area contributed by atoms with E-state index in [1.165, 1.54) is 0 Å². The first kappa shape index (κ1) is 14.0. The van der Waals surface area contributed by atoms with Crippen LogP contribution in [0.4, 0.5) is 0 Å². The minimum Gasteiger partial charge on any atom is -0.348 e. The SMILES string of the molecule is CCN1CCCC(NC(=O)c2cn3nccc3nc2C)C1. The summed E-state index contributed by atoms with van der Waals surface area (Å²) in [5, 5.41) is 7.28. The number of piperidine rings is 1. The van der Waals surface area contributed by atoms with Crippen LogP contribution in [0.5, 0.6) is 0 Å². The maximum atomic E-state index is 12.5. The van der Waals surface area contributed by atoms with E-state index in [-0.39, 0.29) is 11.9 Å². The molecule has 1 aliphatic rings. The third-order valence-electron chi connectivity index (χ3n) is 4.11. The molecule has 112 valence electrons. The van der Waals surface area contributed by atoms with E-state index in [0.29, 0.717) is 5.56 Å². The minimum atomic E-state index is -0.0552. The average Bonchev–Trinajstić information content (AvgIpc) is 2.93. The van der Waals surface area contributed by atoms with Gasteiger partial charge < -0.3 is 10.2 Å². The van der Waals surface area contributed by atoms with Crippen molar-refractivity contribution in [2.75, 3.05) is 19.6 Å². The fourth-order valence-electron chi connectivity index (χ4n) is 2.89. The first-order valence-corrected chi connectivity index (χ1v) is 7.51. The van der Waals surface area contributed by atoms with Gasteiger partial charge in [0.2, 0.25) is 0 Å². The third kappa shape index (κ3) is 2.90. The standard InChI is InChI=1S/C15H21N5O/c1-3-19-8-4-5-12(9-19)18-15(21)13-10-20-14(6-7-16-20)17-11(13)2/h6-7,10,12H,3-5,8-9H2,1-2H3,(H,18,21). The molecule has 3 rings (SSSR count). The molecule has 0 spiro atoms. The Morgan fingerprint density at radius 1 is 1.52 bits per heavy atom. The summed E-state index contributed by atoms with van der Waals surface area (Å²) in [6, 6.07) is 2.05. The Balaban J connectivity index is 1.75. The summed E-state index contributed by atoms with van der Waals surface area (Å²) < 4.78 is 1.64. The number of aryl methyl sites for hydroxylation is 1. The topological polar surface area (TPSA) is 62.5 Å². The van der Waals surface area contributed by atoms with E-state index in [4.69, 9.17) is 0 Å². The lowest BCUT2D eigenvalue weighted by Gasteiger charge is -2.32. The molecule has 1 atom stereocenters. The Morgan fingerprint density at radius 2 is 2.38 bits per heavy atom. The van der Waals surface area contributed by atoms with Crippen LogP contribution in [0, 0.1) is 6.92 Å². The molecule has 0 saturated carbocycles. The number of carbonyl (C=O) groups excluding carboxylic acids is 1. The second-order valence-corrected chi connectivity index (χ2v) is 5.58. The van der Waals surface area contributed by atoms with Crippen molar-refractivity contribution in [1.29, 1.82) is 0 Å². The Hall–Kier alpha value is -1.95. The van der Waals surface area contributed by atoms with Crippen LogP contribution >= 0.6 is 0 Å². The quantitative estimate of drug-likeness (QED) is 0.923. The van der Waals surface area contributed by atoms with Gasteiger partial charge in [0.1, 0.15) is 0 Å². The number of nitrogens with one attached hydrogen (secondary N) is 1. The number of likely N-dealkylation sites (N-methyl/N-ethyl adjacent to an activating group) is 1. The lowest BCUT2D eigenvalue weighted by Crippen LogP contribution is -2.47. The van der Waals surface area contributed by atoms with E-state index in [1.54, 1.807) is 16.9 Å². The van der Waals surface area contributed by atoms with Crippen molar-refractivity contribution in [3.8, 4) is 0 Å². The molecule has 1 aliphatic heterocycles. The van der Waals surface area contributed by atoms with Crippen LogP contribution in [0.25, 0.3) is 5.65 Å². The highest BCUT2D eigenvalue weighted by molar-refractivity contribution is 5.95. The van der Waals surface area contributed by atoms with Gasteiger partial charge in [0.15, 0.2) is 5.65 Å². The lowest BCUT2D eigenvalue weighted by molar-refractivity contribution is 0.0904. The first-order valence-electron chi connectivity index (χ1n) is 7.51. The number of nitrogens with zero attached hydrogens (tertiary/aromatic N) is 4. The van der Waals surface area contributed by atoms with Crippen molar-refractivity contribution in [2.45, 2.75) is 32.7 Å². The molecule has 21 heavy (non-hydrogen) atoms. The van der Waals surface area contributed by atoms with Gasteiger partial charge >= 0.3 is 0 Å². The van der Waals surface area contributed by atoms with Gasteiger partial charge in [0.05, 0.1) is 17.5 Å². The molecule has 0 aromatic carbocycles. The molecule has 1 saturated heterocycles. The average molecular weight is 287 g/mol. The summed E-state index contributed by atoms with van der Waals surface area (Å²) in [5.41, 5.74) is 2.10. The van der Waals surface area contributed by atoms with Gasteiger partial charge in [0, 0.05) is 24.8 Å². The van der Waals surface area contributed by atoms with Crippen LogP contribution in [0.3, 0.4) is 0 Å². The van der Waals surface area contributed by atoms with E-state index >= 15 is 0 Å². The van der Waals surface area contributed by atoms with E-state index in [9.17, 15) is 4.79 Å². The maximum Gasteiger partial charge on any atom is 0.254 e. The maximum absolute atomic E-state index is 12.5. The molecule has 2 aromatic rings. The molecule has 1 unspecified atom stereocenters. The van der Waals surface area contributed by atoms with Crippen molar-refractivity contribution in [1.82, 2.24) is 24.8 Å². The van der Waals surface area contributed by atoms with Crippen LogP contribution in [-0.2, 0) is 0 Å². The second-order valence-electron chi connectivity index (χ2n) is 5.58. The summed E-state index contributed by atoms with van der Waals surface area (Å²) in [6.07, 6.45) is 5.62. The van der Waals surface area contributed by atoms with Crippen molar-refractivity contribution in [3.05, 3.63) is 29.7 Å². The molecular weight excluding hydrogens is 266 g/mol. The smallest absolute Gasteiger partial charge is 0.254 e. The van der Waals surface area contributed by atoms with Crippen LogP contribution < -0.4 is 5.32 Å². The molecule has 0 aliphatic carbocycles. The fraction of sp³-hybridized carbons (Fsp3) is 0.533. The van der Waals surface area contributed by atoms with Crippen LogP contribution in [-0.4, -0.2) is 51.1 Å². The summed E-state index contributed by atoms with van der Waals surface area (Å²) in [5.74, 6) is -0.0552. The van der Waals surface area contributed by atoms with Gasteiger partial charge in [-0.1, -0.05) is 6.92 Å². The molecule has 6 heteroatoms. The monoisotopic (exact) mass is 287 g/mol. The zero-order valence-electron chi connectivity index (χ0n) is 12.5. The molecule has 2 aromatic heterocycles. The molecule has 3 heterocycles. The Labute approximate surface area is 124 Å². The Bertz CT molecular complexity index is 651. The number of amides is 1. The third-order valence-corrected chi connectivity index (χ3v) is 4.11. The van der Waals surface area contributed by atoms with Crippen LogP contribution in [0.15, 0.2) is 18.5 Å². The number of likely N-dealkylation sites (tertiary alicyclic amines) is 1. The Morgan fingerprint density at radius 3 is 3.19 bits per heavy atom. The molecule has 1 N–H and O–H groups in total. The highest BCUT2D eigenvalue weighted by Gasteiger charge is 2.22. The van der Waals surface area contributed by atoms with Gasteiger partial charge in [-0.2, -0.15) is 5.10 Å². The van der Waals surface area contributed by atoms with Gasteiger partial charge in [-0.3, -0.25) is 4.79 Å². The second kappa shape index (κ2) is 5.81. The summed E-state index contributed by atoms with van der Waals surface area (Å²) in [4.78, 5) is 19.3. The van der Waals surface area contributed by atoms with Crippen molar-refractivity contribution >= 4 is 11.6 Å². The highest BCUT2D eigenvalue weighted by Crippen LogP contribution is 2.12. The van der Waals surface area contributed by atoms with Gasteiger partial charge in [0.25, 0.3) is 5.91 Å². The molecule has 0 bridgehead atoms.